The van der Waals surface area contributed by atoms with Crippen molar-refractivity contribution in [1.29, 1.82) is 0 Å². The maximum absolute atomic E-state index is 11.0. The normalized spacial score (nSPS) is 11.8. The van der Waals surface area contributed by atoms with E-state index in [1.165, 1.54) is 7.11 Å². The first kappa shape index (κ1) is 13.8. The highest BCUT2D eigenvalue weighted by Crippen LogP contribution is 2.28. The summed E-state index contributed by atoms with van der Waals surface area (Å²) in [7, 11) is 2.98. The van der Waals surface area contributed by atoms with E-state index in [2.05, 4.69) is 26.0 Å². The van der Waals surface area contributed by atoms with Gasteiger partial charge in [-0.3, -0.25) is 0 Å². The molecule has 0 fully saturated rings. The second kappa shape index (κ2) is 6.49. The minimum absolute atomic E-state index is 0.191. The fourth-order valence-electron chi connectivity index (χ4n) is 1.41. The van der Waals surface area contributed by atoms with Gasteiger partial charge >= 0.3 is 6.09 Å². The fourth-order valence-corrected chi connectivity index (χ4v) is 1.82. The number of hydrogen-bond acceptors (Lipinski definition) is 3. The minimum Gasteiger partial charge on any atom is -0.496 e. The molecule has 0 saturated heterocycles. The lowest BCUT2D eigenvalue weighted by Gasteiger charge is -2.14. The Morgan fingerprint density at radius 2 is 2.18 bits per heavy atom. The highest BCUT2D eigenvalue weighted by molar-refractivity contribution is 9.10. The van der Waals surface area contributed by atoms with Crippen molar-refractivity contribution in [3.8, 4) is 5.75 Å². The van der Waals surface area contributed by atoms with Crippen LogP contribution in [0.25, 0.3) is 0 Å². The first-order chi connectivity index (χ1) is 8.08. The summed E-state index contributed by atoms with van der Waals surface area (Å²) in [4.78, 5) is 11.0. The number of amides is 1. The summed E-state index contributed by atoms with van der Waals surface area (Å²) in [5.41, 5.74) is 1.10. The highest BCUT2D eigenvalue weighted by Gasteiger charge is 2.10. The summed E-state index contributed by atoms with van der Waals surface area (Å²) in [5, 5.41) is 2.67. The van der Waals surface area contributed by atoms with Gasteiger partial charge in [0.1, 0.15) is 5.75 Å². The zero-order chi connectivity index (χ0) is 12.8. The Morgan fingerprint density at radius 1 is 1.47 bits per heavy atom. The molecule has 1 rings (SSSR count). The molecule has 17 heavy (non-hydrogen) atoms. The monoisotopic (exact) mass is 301 g/mol. The number of halogens is 1. The molecule has 1 unspecified atom stereocenters. The van der Waals surface area contributed by atoms with Crippen LogP contribution in [0.4, 0.5) is 4.79 Å². The van der Waals surface area contributed by atoms with E-state index in [0.717, 1.165) is 15.8 Å². The van der Waals surface area contributed by atoms with Crippen LogP contribution in [0.1, 0.15) is 18.4 Å². The predicted molar refractivity (Wildman–Crippen MR) is 69.5 cm³/mol. The maximum Gasteiger partial charge on any atom is 0.406 e. The van der Waals surface area contributed by atoms with Gasteiger partial charge in [-0.15, -0.1) is 0 Å². The Bertz CT molecular complexity index is 395. The first-order valence-corrected chi connectivity index (χ1v) is 6.03. The molecule has 1 N–H and O–H groups in total. The molecule has 5 heteroatoms. The Kier molecular flexibility index (Phi) is 5.28. The number of carbonyl (C=O) groups excluding carboxylic acids is 1. The van der Waals surface area contributed by atoms with E-state index in [4.69, 9.17) is 4.74 Å². The largest absolute Gasteiger partial charge is 0.496 e. The number of rotatable bonds is 4. The fraction of sp³-hybridized carbons (Fsp3) is 0.417. The van der Waals surface area contributed by atoms with Crippen LogP contribution in [0.15, 0.2) is 22.7 Å². The Balaban J connectivity index is 2.68. The van der Waals surface area contributed by atoms with Gasteiger partial charge in [0, 0.05) is 6.54 Å². The zero-order valence-electron chi connectivity index (χ0n) is 10.1. The van der Waals surface area contributed by atoms with Gasteiger partial charge in [-0.25, -0.2) is 4.79 Å². The smallest absolute Gasteiger partial charge is 0.406 e. The Labute approximate surface area is 109 Å². The summed E-state index contributed by atoms with van der Waals surface area (Å²) in [6, 6.07) is 5.88. The Hall–Kier alpha value is -1.23. The van der Waals surface area contributed by atoms with Crippen LogP contribution < -0.4 is 10.1 Å². The molecule has 4 nitrogen and oxygen atoms in total. The van der Waals surface area contributed by atoms with E-state index in [9.17, 15) is 4.79 Å². The number of nitrogens with one attached hydrogen (secondary N) is 1. The summed E-state index contributed by atoms with van der Waals surface area (Å²) in [6.07, 6.45) is -0.416. The number of benzene rings is 1. The second-order valence-electron chi connectivity index (χ2n) is 3.67. The van der Waals surface area contributed by atoms with Gasteiger partial charge in [-0.1, -0.05) is 13.0 Å². The van der Waals surface area contributed by atoms with E-state index in [1.54, 1.807) is 7.11 Å². The highest BCUT2D eigenvalue weighted by atomic mass is 79.9. The molecule has 0 aliphatic carbocycles. The molecule has 0 aliphatic rings. The summed E-state index contributed by atoms with van der Waals surface area (Å²) in [5.74, 6) is 0.975. The molecule has 0 aromatic heterocycles. The molecule has 0 saturated carbocycles. The topological polar surface area (TPSA) is 47.6 Å². The van der Waals surface area contributed by atoms with Crippen LogP contribution in [0.5, 0.6) is 5.75 Å². The number of alkyl carbamates (subject to hydrolysis) is 1. The van der Waals surface area contributed by atoms with Crippen molar-refractivity contribution in [2.24, 2.45) is 0 Å². The van der Waals surface area contributed by atoms with Crippen LogP contribution in [0.2, 0.25) is 0 Å². The first-order valence-electron chi connectivity index (χ1n) is 5.23. The van der Waals surface area contributed by atoms with Gasteiger partial charge in [0.15, 0.2) is 0 Å². The lowest BCUT2D eigenvalue weighted by atomic mass is 10.0. The molecule has 94 valence electrons. The molecular weight excluding hydrogens is 286 g/mol. The molecular formula is C12H16BrNO3. The molecule has 0 spiro atoms. The summed E-state index contributed by atoms with van der Waals surface area (Å²) in [6.45, 7) is 2.55. The van der Waals surface area contributed by atoms with Crippen LogP contribution in [0, 0.1) is 0 Å². The third-order valence-corrected chi connectivity index (χ3v) is 3.14. The third-order valence-electron chi connectivity index (χ3n) is 2.48. The van der Waals surface area contributed by atoms with Crippen molar-refractivity contribution >= 4 is 22.0 Å². The van der Waals surface area contributed by atoms with E-state index in [-0.39, 0.29) is 5.92 Å². The van der Waals surface area contributed by atoms with E-state index in [1.807, 2.05) is 25.1 Å². The molecule has 1 atom stereocenters. The van der Waals surface area contributed by atoms with Gasteiger partial charge in [-0.05, 0) is 39.5 Å². The molecule has 0 aliphatic heterocycles. The number of carbonyl (C=O) groups is 1. The van der Waals surface area contributed by atoms with Crippen LogP contribution in [-0.4, -0.2) is 26.9 Å². The van der Waals surface area contributed by atoms with Gasteiger partial charge in [0.2, 0.25) is 0 Å². The van der Waals surface area contributed by atoms with Crippen molar-refractivity contribution < 1.29 is 14.3 Å². The van der Waals surface area contributed by atoms with Crippen LogP contribution in [0.3, 0.4) is 0 Å². The molecule has 0 heterocycles. The molecule has 0 radical (unpaired) electrons. The zero-order valence-corrected chi connectivity index (χ0v) is 11.7. The van der Waals surface area contributed by atoms with Gasteiger partial charge in [0.25, 0.3) is 0 Å². The van der Waals surface area contributed by atoms with Crippen molar-refractivity contribution in [1.82, 2.24) is 5.32 Å². The number of methoxy groups -OCH3 is 2. The molecule has 1 amide bonds. The minimum atomic E-state index is -0.416. The van der Waals surface area contributed by atoms with Crippen molar-refractivity contribution in [2.75, 3.05) is 20.8 Å². The second-order valence-corrected chi connectivity index (χ2v) is 4.52. The van der Waals surface area contributed by atoms with Crippen LogP contribution >= 0.6 is 15.9 Å². The van der Waals surface area contributed by atoms with Crippen molar-refractivity contribution in [3.63, 3.8) is 0 Å². The quantitative estimate of drug-likeness (QED) is 0.930. The van der Waals surface area contributed by atoms with E-state index < -0.39 is 6.09 Å². The summed E-state index contributed by atoms with van der Waals surface area (Å²) >= 11 is 3.40. The molecule has 0 bridgehead atoms. The van der Waals surface area contributed by atoms with E-state index >= 15 is 0 Å². The van der Waals surface area contributed by atoms with E-state index in [0.29, 0.717) is 6.54 Å². The molecule has 1 aromatic carbocycles. The van der Waals surface area contributed by atoms with Crippen LogP contribution in [-0.2, 0) is 4.74 Å². The standard InChI is InChI=1S/C12H16BrNO3/c1-8(7-14-12(15)17-3)9-4-5-10(13)11(6-9)16-2/h4-6,8H,7H2,1-3H3,(H,14,15). The van der Waals surface area contributed by atoms with Gasteiger partial charge in [0.05, 0.1) is 18.7 Å². The van der Waals surface area contributed by atoms with Crippen molar-refractivity contribution in [3.05, 3.63) is 28.2 Å². The van der Waals surface area contributed by atoms with Gasteiger partial charge < -0.3 is 14.8 Å². The van der Waals surface area contributed by atoms with Gasteiger partial charge in [-0.2, -0.15) is 0 Å². The lowest BCUT2D eigenvalue weighted by Crippen LogP contribution is -2.27. The molecule has 1 aromatic rings. The van der Waals surface area contributed by atoms with Crippen molar-refractivity contribution in [2.45, 2.75) is 12.8 Å². The Morgan fingerprint density at radius 3 is 2.76 bits per heavy atom. The average molecular weight is 302 g/mol. The predicted octanol–water partition coefficient (Wildman–Crippen LogP) is 2.92. The lowest BCUT2D eigenvalue weighted by molar-refractivity contribution is 0.170. The summed E-state index contributed by atoms with van der Waals surface area (Å²) < 4.78 is 10.7. The number of hydrogen-bond donors (Lipinski definition) is 1. The number of ether oxygens (including phenoxy) is 2. The SMILES string of the molecule is COC(=O)NCC(C)c1ccc(Br)c(OC)c1. The third kappa shape index (κ3) is 3.93. The maximum atomic E-state index is 11.0. The average Bonchev–Trinajstić information content (AvgIpc) is 2.35.